The average Bonchev–Trinajstić information content (AvgIpc) is 2.98. The molecule has 1 fully saturated rings. The molecule has 5 atom stereocenters. The van der Waals surface area contributed by atoms with Crippen LogP contribution in [0.1, 0.15) is 78.6 Å². The van der Waals surface area contributed by atoms with Crippen molar-refractivity contribution < 1.29 is 49.0 Å². The molecule has 1 heterocycles. The van der Waals surface area contributed by atoms with E-state index in [1.807, 2.05) is 43.4 Å². The van der Waals surface area contributed by atoms with Crippen LogP contribution in [0.15, 0.2) is 73.9 Å². The molecule has 0 aromatic rings. The molecule has 0 bridgehead atoms. The van der Waals surface area contributed by atoms with Crippen LogP contribution in [-0.4, -0.2) is 83.1 Å². The Balaban J connectivity index is 0. The van der Waals surface area contributed by atoms with Gasteiger partial charge in [-0.25, -0.2) is 0 Å². The highest BCUT2D eigenvalue weighted by Crippen LogP contribution is 2.14. The first-order valence-electron chi connectivity index (χ1n) is 15.9. The quantitative estimate of drug-likeness (QED) is 0.0707. The first-order chi connectivity index (χ1) is 22.0. The van der Waals surface area contributed by atoms with Crippen LogP contribution < -0.4 is 0 Å². The molecule has 46 heavy (non-hydrogen) atoms. The van der Waals surface area contributed by atoms with Gasteiger partial charge in [0.1, 0.15) is 19.3 Å². The Morgan fingerprint density at radius 3 is 1.52 bits per heavy atom. The number of hydrogen-bond donors (Lipinski definition) is 4. The van der Waals surface area contributed by atoms with E-state index in [4.69, 9.17) is 29.9 Å². The third-order valence-electron chi connectivity index (χ3n) is 6.22. The predicted molar refractivity (Wildman–Crippen MR) is 180 cm³/mol. The number of hydrogen-bond acceptors (Lipinski definition) is 10. The molecule has 4 N–H and O–H groups in total. The number of carbonyl (C=O) groups excluding carboxylic acids is 3. The Bertz CT molecular complexity index is 925. The highest BCUT2D eigenvalue weighted by atomic mass is 16.6. The molecule has 262 valence electrons. The summed E-state index contributed by atoms with van der Waals surface area (Å²) in [5.41, 5.74) is 0. The Morgan fingerprint density at radius 1 is 0.783 bits per heavy atom. The lowest BCUT2D eigenvalue weighted by molar-refractivity contribution is -0.167. The summed E-state index contributed by atoms with van der Waals surface area (Å²) in [6.07, 6.45) is 23.7. The molecule has 0 saturated carbocycles. The van der Waals surface area contributed by atoms with Crippen molar-refractivity contribution in [1.82, 2.24) is 0 Å². The molecule has 0 aliphatic carbocycles. The van der Waals surface area contributed by atoms with Crippen molar-refractivity contribution in [3.05, 3.63) is 73.9 Å². The predicted octanol–water partition coefficient (Wildman–Crippen LogP) is 5.08. The zero-order chi connectivity index (χ0) is 35.0. The standard InChI is InChI=1S/C20H32O6.C12H20O2.C4H6O2/c1-4-18(11-7-9-13-26-20(24)15-17(3)22)10-6-5-8-12-25-19(23)14-16(2)21;1-2-12(9-5-7-11-14)8-4-3-6-10-13;1-3-2-4(5)6-3/h4-5,7-9,16-18,21-22H,1,6,10-15H2,2-3H3;2-3,5-7,12-14H,1,4,8-11H2;3H,2H2,1H3/b8-5+,9-7-;6-3+,7-5-;. The van der Waals surface area contributed by atoms with Crippen LogP contribution in [0.2, 0.25) is 0 Å². The Hall–Kier alpha value is -3.31. The number of allylic oxidation sites excluding steroid dienone is 6. The molecule has 1 aliphatic heterocycles. The largest absolute Gasteiger partial charge is 0.462 e. The summed E-state index contributed by atoms with van der Waals surface area (Å²) in [6, 6.07) is 0. The fraction of sp³-hybridized carbons (Fsp3) is 0.583. The summed E-state index contributed by atoms with van der Waals surface area (Å²) in [5.74, 6) is -0.123. The molecule has 1 rings (SSSR count). The number of aliphatic hydroxyl groups is 4. The van der Waals surface area contributed by atoms with E-state index in [9.17, 15) is 14.4 Å². The average molecular weight is 651 g/mol. The molecule has 0 amide bonds. The molecule has 10 nitrogen and oxygen atoms in total. The van der Waals surface area contributed by atoms with E-state index < -0.39 is 24.1 Å². The summed E-state index contributed by atoms with van der Waals surface area (Å²) >= 11 is 0. The maximum Gasteiger partial charge on any atom is 0.309 e. The number of ether oxygens (including phenoxy) is 3. The number of carbonyl (C=O) groups is 3. The monoisotopic (exact) mass is 650 g/mol. The maximum absolute atomic E-state index is 11.2. The lowest BCUT2D eigenvalue weighted by atomic mass is 9.99. The Morgan fingerprint density at radius 2 is 1.17 bits per heavy atom. The molecule has 0 radical (unpaired) electrons. The van der Waals surface area contributed by atoms with Gasteiger partial charge in [-0.1, -0.05) is 60.8 Å². The van der Waals surface area contributed by atoms with Crippen LogP contribution in [0.3, 0.4) is 0 Å². The van der Waals surface area contributed by atoms with Crippen LogP contribution in [-0.2, 0) is 28.6 Å². The van der Waals surface area contributed by atoms with Crippen molar-refractivity contribution in [3.8, 4) is 0 Å². The smallest absolute Gasteiger partial charge is 0.309 e. The van der Waals surface area contributed by atoms with E-state index in [2.05, 4.69) is 17.9 Å². The minimum Gasteiger partial charge on any atom is -0.462 e. The fourth-order valence-electron chi connectivity index (χ4n) is 3.68. The van der Waals surface area contributed by atoms with Crippen molar-refractivity contribution in [2.24, 2.45) is 11.8 Å². The fourth-order valence-corrected chi connectivity index (χ4v) is 3.68. The van der Waals surface area contributed by atoms with Gasteiger partial charge in [-0.3, -0.25) is 14.4 Å². The van der Waals surface area contributed by atoms with Gasteiger partial charge in [0.2, 0.25) is 0 Å². The van der Waals surface area contributed by atoms with E-state index in [1.54, 1.807) is 38.2 Å². The molecule has 5 unspecified atom stereocenters. The molecule has 1 aliphatic rings. The molecule has 0 aromatic carbocycles. The van der Waals surface area contributed by atoms with Crippen molar-refractivity contribution in [3.63, 3.8) is 0 Å². The van der Waals surface area contributed by atoms with Gasteiger partial charge in [0.25, 0.3) is 0 Å². The number of aliphatic hydroxyl groups excluding tert-OH is 4. The summed E-state index contributed by atoms with van der Waals surface area (Å²) in [7, 11) is 0. The van der Waals surface area contributed by atoms with E-state index in [-0.39, 0.29) is 51.3 Å². The van der Waals surface area contributed by atoms with Crippen LogP contribution in [0, 0.1) is 11.8 Å². The van der Waals surface area contributed by atoms with Gasteiger partial charge in [0, 0.05) is 0 Å². The molecule has 0 aromatic heterocycles. The van der Waals surface area contributed by atoms with Crippen molar-refractivity contribution in [2.75, 3.05) is 26.4 Å². The highest BCUT2D eigenvalue weighted by Gasteiger charge is 2.22. The van der Waals surface area contributed by atoms with Gasteiger partial charge in [-0.2, -0.15) is 0 Å². The third kappa shape index (κ3) is 32.1. The SMILES string of the molecule is C=CC(C/C=C\CO)CC/C=C/CO.C=CC(C/C=C\COC(=O)CC(C)O)CC/C=C/COC(=O)CC(C)O.CC1CC(=O)O1. The van der Waals surface area contributed by atoms with E-state index in [0.717, 1.165) is 38.5 Å². The summed E-state index contributed by atoms with van der Waals surface area (Å²) in [5, 5.41) is 35.2. The molecular formula is C36H58O10. The van der Waals surface area contributed by atoms with Gasteiger partial charge in [-0.05, 0) is 71.1 Å². The third-order valence-corrected chi connectivity index (χ3v) is 6.22. The van der Waals surface area contributed by atoms with Crippen molar-refractivity contribution in [2.45, 2.75) is 96.9 Å². The van der Waals surface area contributed by atoms with E-state index >= 15 is 0 Å². The second-order valence-electron chi connectivity index (χ2n) is 10.8. The molecular weight excluding hydrogens is 592 g/mol. The van der Waals surface area contributed by atoms with E-state index in [0.29, 0.717) is 18.3 Å². The Kier molecular flexibility index (Phi) is 30.8. The van der Waals surface area contributed by atoms with Gasteiger partial charge in [-0.15, -0.1) is 13.2 Å². The maximum atomic E-state index is 11.2. The highest BCUT2D eigenvalue weighted by molar-refractivity contribution is 5.74. The van der Waals surface area contributed by atoms with Gasteiger partial charge < -0.3 is 34.6 Å². The second kappa shape index (κ2) is 31.7. The van der Waals surface area contributed by atoms with Crippen LogP contribution in [0.4, 0.5) is 0 Å². The van der Waals surface area contributed by atoms with Gasteiger partial charge >= 0.3 is 17.9 Å². The van der Waals surface area contributed by atoms with E-state index in [1.165, 1.54) is 0 Å². The zero-order valence-electron chi connectivity index (χ0n) is 28.0. The molecule has 10 heteroatoms. The lowest BCUT2D eigenvalue weighted by Gasteiger charge is -2.20. The topological polar surface area (TPSA) is 160 Å². The number of cyclic esters (lactones) is 1. The van der Waals surface area contributed by atoms with Crippen molar-refractivity contribution >= 4 is 17.9 Å². The summed E-state index contributed by atoms with van der Waals surface area (Å²) in [6.45, 7) is 13.2. The van der Waals surface area contributed by atoms with Crippen LogP contribution >= 0.6 is 0 Å². The molecule has 1 saturated heterocycles. The summed E-state index contributed by atoms with van der Waals surface area (Å²) in [4.78, 5) is 32.4. The normalized spacial score (nSPS) is 16.8. The minimum absolute atomic E-state index is 0.00376. The number of rotatable bonds is 22. The first-order valence-corrected chi connectivity index (χ1v) is 15.9. The second-order valence-corrected chi connectivity index (χ2v) is 10.8. The van der Waals surface area contributed by atoms with Gasteiger partial charge in [0.15, 0.2) is 0 Å². The number of esters is 3. The lowest BCUT2D eigenvalue weighted by Crippen LogP contribution is -2.29. The Labute approximate surface area is 275 Å². The first kappa shape index (κ1) is 44.8. The van der Waals surface area contributed by atoms with Crippen LogP contribution in [0.5, 0.6) is 0 Å². The zero-order valence-corrected chi connectivity index (χ0v) is 28.0. The van der Waals surface area contributed by atoms with Gasteiger partial charge in [0.05, 0.1) is 44.7 Å². The summed E-state index contributed by atoms with van der Waals surface area (Å²) < 4.78 is 14.4. The minimum atomic E-state index is -0.688. The molecule has 0 spiro atoms. The van der Waals surface area contributed by atoms with Crippen molar-refractivity contribution in [1.29, 1.82) is 0 Å². The van der Waals surface area contributed by atoms with Crippen LogP contribution in [0.25, 0.3) is 0 Å².